The molecule has 1 fully saturated rings. The van der Waals surface area contributed by atoms with Gasteiger partial charge in [0.2, 0.25) is 0 Å². The maximum absolute atomic E-state index is 11.6. The molecule has 1 aromatic carbocycles. The molecule has 19 heavy (non-hydrogen) atoms. The number of hydrogen-bond acceptors (Lipinski definition) is 3. The van der Waals surface area contributed by atoms with Crippen LogP contribution in [-0.4, -0.2) is 31.7 Å². The van der Waals surface area contributed by atoms with Gasteiger partial charge in [-0.3, -0.25) is 4.79 Å². The Kier molecular flexibility index (Phi) is 3.80. The maximum Gasteiger partial charge on any atom is 0.310 e. The summed E-state index contributed by atoms with van der Waals surface area (Å²) in [6.07, 6.45) is 2.46. The van der Waals surface area contributed by atoms with E-state index in [1.807, 2.05) is 43.3 Å². The molecule has 0 saturated heterocycles. The Morgan fingerprint density at radius 2 is 1.95 bits per heavy atom. The molecule has 0 heterocycles. The van der Waals surface area contributed by atoms with Crippen molar-refractivity contribution in [2.75, 3.05) is 25.5 Å². The van der Waals surface area contributed by atoms with Crippen LogP contribution in [0.4, 0.5) is 5.69 Å². The lowest BCUT2D eigenvalue weighted by molar-refractivity contribution is -0.156. The summed E-state index contributed by atoms with van der Waals surface area (Å²) in [6, 6.07) is 8.06. The summed E-state index contributed by atoms with van der Waals surface area (Å²) in [5.41, 5.74) is 7.36. The van der Waals surface area contributed by atoms with Crippen LogP contribution < -0.4 is 10.6 Å². The number of carbonyl (C=O) groups is 1. The van der Waals surface area contributed by atoms with Crippen molar-refractivity contribution in [2.45, 2.75) is 25.2 Å². The van der Waals surface area contributed by atoms with Gasteiger partial charge < -0.3 is 15.7 Å². The molecule has 0 spiro atoms. The SMILES string of the molecule is CN(C)c1ccc(C(CN)C2(C(=O)O)CCC2)cc1. The molecule has 1 atom stereocenters. The van der Waals surface area contributed by atoms with Crippen LogP contribution in [0.5, 0.6) is 0 Å². The first-order valence-electron chi connectivity index (χ1n) is 6.72. The van der Waals surface area contributed by atoms with Gasteiger partial charge in [0, 0.05) is 32.2 Å². The zero-order valence-electron chi connectivity index (χ0n) is 11.6. The van der Waals surface area contributed by atoms with Crippen molar-refractivity contribution >= 4 is 11.7 Å². The van der Waals surface area contributed by atoms with E-state index in [-0.39, 0.29) is 5.92 Å². The Morgan fingerprint density at radius 1 is 1.37 bits per heavy atom. The van der Waals surface area contributed by atoms with Crippen LogP contribution >= 0.6 is 0 Å². The topological polar surface area (TPSA) is 66.6 Å². The minimum absolute atomic E-state index is 0.0880. The van der Waals surface area contributed by atoms with Crippen LogP contribution in [0.1, 0.15) is 30.7 Å². The standard InChI is InChI=1S/C15H22N2O2/c1-17(2)12-6-4-11(5-7-12)13(10-16)15(14(18)19)8-3-9-15/h4-7,13H,3,8-10,16H2,1-2H3,(H,18,19). The summed E-state index contributed by atoms with van der Waals surface area (Å²) in [4.78, 5) is 13.6. The molecule has 1 unspecified atom stereocenters. The molecule has 1 saturated carbocycles. The van der Waals surface area contributed by atoms with E-state index in [2.05, 4.69) is 0 Å². The van der Waals surface area contributed by atoms with E-state index < -0.39 is 11.4 Å². The van der Waals surface area contributed by atoms with Crippen LogP contribution in [0, 0.1) is 5.41 Å². The molecule has 0 aromatic heterocycles. The quantitative estimate of drug-likeness (QED) is 0.852. The van der Waals surface area contributed by atoms with Gasteiger partial charge in [0.15, 0.2) is 0 Å². The van der Waals surface area contributed by atoms with Crippen molar-refractivity contribution in [1.82, 2.24) is 0 Å². The molecule has 1 aromatic rings. The number of anilines is 1. The van der Waals surface area contributed by atoms with Crippen LogP contribution in [-0.2, 0) is 4.79 Å². The fraction of sp³-hybridized carbons (Fsp3) is 0.533. The van der Waals surface area contributed by atoms with Gasteiger partial charge in [-0.05, 0) is 30.5 Å². The number of aliphatic carboxylic acids is 1. The fourth-order valence-corrected chi connectivity index (χ4v) is 2.95. The average molecular weight is 262 g/mol. The molecule has 2 rings (SSSR count). The Balaban J connectivity index is 2.29. The van der Waals surface area contributed by atoms with E-state index in [4.69, 9.17) is 5.73 Å². The number of benzene rings is 1. The molecular formula is C15H22N2O2. The largest absolute Gasteiger partial charge is 0.481 e. The molecule has 3 N–H and O–H groups in total. The Morgan fingerprint density at radius 3 is 2.26 bits per heavy atom. The third kappa shape index (κ3) is 2.32. The summed E-state index contributed by atoms with van der Waals surface area (Å²) < 4.78 is 0. The van der Waals surface area contributed by atoms with E-state index >= 15 is 0 Å². The van der Waals surface area contributed by atoms with Crippen molar-refractivity contribution < 1.29 is 9.90 Å². The molecule has 0 radical (unpaired) electrons. The molecule has 0 amide bonds. The van der Waals surface area contributed by atoms with Crippen LogP contribution in [0.2, 0.25) is 0 Å². The molecule has 4 heteroatoms. The van der Waals surface area contributed by atoms with Crippen LogP contribution in [0.25, 0.3) is 0 Å². The minimum atomic E-state index is -0.703. The van der Waals surface area contributed by atoms with Gasteiger partial charge in [-0.25, -0.2) is 0 Å². The first-order chi connectivity index (χ1) is 9.01. The lowest BCUT2D eigenvalue weighted by Crippen LogP contribution is -2.45. The highest BCUT2D eigenvalue weighted by Crippen LogP contribution is 2.51. The van der Waals surface area contributed by atoms with E-state index in [1.165, 1.54) is 0 Å². The van der Waals surface area contributed by atoms with E-state index in [0.29, 0.717) is 6.54 Å². The molecule has 0 aliphatic heterocycles. The van der Waals surface area contributed by atoms with Crippen molar-refractivity contribution in [2.24, 2.45) is 11.1 Å². The molecule has 4 nitrogen and oxygen atoms in total. The lowest BCUT2D eigenvalue weighted by Gasteiger charge is -2.44. The van der Waals surface area contributed by atoms with Gasteiger partial charge in [0.05, 0.1) is 5.41 Å². The van der Waals surface area contributed by atoms with Gasteiger partial charge in [-0.1, -0.05) is 18.6 Å². The van der Waals surface area contributed by atoms with Crippen molar-refractivity contribution in [1.29, 1.82) is 0 Å². The minimum Gasteiger partial charge on any atom is -0.481 e. The number of nitrogens with two attached hydrogens (primary N) is 1. The van der Waals surface area contributed by atoms with E-state index in [1.54, 1.807) is 0 Å². The molecule has 0 bridgehead atoms. The summed E-state index contributed by atoms with van der Waals surface area (Å²) in [7, 11) is 3.97. The zero-order chi connectivity index (χ0) is 14.0. The second-order valence-electron chi connectivity index (χ2n) is 5.59. The summed E-state index contributed by atoms with van der Waals surface area (Å²) in [5.74, 6) is -0.791. The van der Waals surface area contributed by atoms with Gasteiger partial charge in [-0.15, -0.1) is 0 Å². The maximum atomic E-state index is 11.6. The Labute approximate surface area is 114 Å². The number of hydrogen-bond donors (Lipinski definition) is 2. The summed E-state index contributed by atoms with van der Waals surface area (Å²) in [6.45, 7) is 0.383. The highest BCUT2D eigenvalue weighted by atomic mass is 16.4. The van der Waals surface area contributed by atoms with Crippen molar-refractivity contribution in [3.63, 3.8) is 0 Å². The van der Waals surface area contributed by atoms with Gasteiger partial charge in [0.1, 0.15) is 0 Å². The first-order valence-corrected chi connectivity index (χ1v) is 6.72. The zero-order valence-corrected chi connectivity index (χ0v) is 11.6. The fourth-order valence-electron chi connectivity index (χ4n) is 2.95. The number of nitrogens with zero attached hydrogens (tertiary/aromatic N) is 1. The van der Waals surface area contributed by atoms with E-state index in [9.17, 15) is 9.90 Å². The number of carboxylic acid groups (broad SMARTS) is 1. The van der Waals surface area contributed by atoms with E-state index in [0.717, 1.165) is 30.5 Å². The van der Waals surface area contributed by atoms with Crippen molar-refractivity contribution in [3.8, 4) is 0 Å². The van der Waals surface area contributed by atoms with Gasteiger partial charge in [-0.2, -0.15) is 0 Å². The molecule has 1 aliphatic carbocycles. The third-order valence-electron chi connectivity index (χ3n) is 4.39. The second kappa shape index (κ2) is 5.21. The lowest BCUT2D eigenvalue weighted by atomic mass is 9.59. The predicted molar refractivity (Wildman–Crippen MR) is 76.5 cm³/mol. The molecule has 1 aliphatic rings. The summed E-state index contributed by atoms with van der Waals surface area (Å²) in [5, 5.41) is 9.53. The molecular weight excluding hydrogens is 240 g/mol. The third-order valence-corrected chi connectivity index (χ3v) is 4.39. The Bertz CT molecular complexity index is 450. The van der Waals surface area contributed by atoms with Crippen LogP contribution in [0.3, 0.4) is 0 Å². The number of rotatable bonds is 5. The normalized spacial score (nSPS) is 18.5. The average Bonchev–Trinajstić information content (AvgIpc) is 2.33. The van der Waals surface area contributed by atoms with Crippen molar-refractivity contribution in [3.05, 3.63) is 29.8 Å². The monoisotopic (exact) mass is 262 g/mol. The first kappa shape index (κ1) is 13.9. The van der Waals surface area contributed by atoms with Gasteiger partial charge >= 0.3 is 5.97 Å². The van der Waals surface area contributed by atoms with Crippen LogP contribution in [0.15, 0.2) is 24.3 Å². The highest BCUT2D eigenvalue weighted by Gasteiger charge is 2.50. The summed E-state index contributed by atoms with van der Waals surface area (Å²) >= 11 is 0. The second-order valence-corrected chi connectivity index (χ2v) is 5.59. The smallest absolute Gasteiger partial charge is 0.310 e. The highest BCUT2D eigenvalue weighted by molar-refractivity contribution is 5.77. The Hall–Kier alpha value is -1.55. The molecule has 104 valence electrons. The number of carboxylic acids is 1. The predicted octanol–water partition coefficient (Wildman–Crippen LogP) is 2.05. The van der Waals surface area contributed by atoms with Gasteiger partial charge in [0.25, 0.3) is 0 Å².